The Labute approximate surface area is 152 Å². The van der Waals surface area contributed by atoms with Gasteiger partial charge in [-0.15, -0.1) is 22.5 Å². The van der Waals surface area contributed by atoms with Crippen LogP contribution in [-0.2, 0) is 11.0 Å². The summed E-state index contributed by atoms with van der Waals surface area (Å²) in [6.07, 6.45) is -5.17. The number of hydrogen-bond acceptors (Lipinski definition) is 5. The van der Waals surface area contributed by atoms with E-state index >= 15 is 0 Å². The van der Waals surface area contributed by atoms with Crippen molar-refractivity contribution < 1.29 is 27.2 Å². The second kappa shape index (κ2) is 8.45. The zero-order valence-corrected chi connectivity index (χ0v) is 14.4. The topological polar surface area (TPSA) is 83.4 Å². The molecule has 1 aromatic carbocycles. The van der Waals surface area contributed by atoms with Crippen molar-refractivity contribution in [3.63, 3.8) is 0 Å². The van der Waals surface area contributed by atoms with Gasteiger partial charge in [-0.2, -0.15) is 0 Å². The summed E-state index contributed by atoms with van der Waals surface area (Å²) in [6.45, 7) is 2.04. The van der Waals surface area contributed by atoms with E-state index in [-0.39, 0.29) is 20.5 Å². The molecule has 0 aliphatic heterocycles. The highest BCUT2D eigenvalue weighted by molar-refractivity contribution is 6.61. The lowest BCUT2D eigenvalue weighted by molar-refractivity contribution is -0.209. The molecule has 2 rings (SSSR count). The summed E-state index contributed by atoms with van der Waals surface area (Å²) >= 11 is 16.0. The maximum Gasteiger partial charge on any atom is 0.498 e. The normalized spacial score (nSPS) is 10.8. The van der Waals surface area contributed by atoms with E-state index in [2.05, 4.69) is 9.26 Å². The van der Waals surface area contributed by atoms with E-state index in [0.29, 0.717) is 6.61 Å². The van der Waals surface area contributed by atoms with Crippen molar-refractivity contribution in [1.29, 1.82) is 0 Å². The molecule has 1 heterocycles. The second-order valence-corrected chi connectivity index (χ2v) is 5.13. The number of alkyl halides is 3. The van der Waals surface area contributed by atoms with E-state index in [1.165, 1.54) is 12.1 Å². The third-order valence-corrected chi connectivity index (χ3v) is 3.21. The number of ether oxygens (including phenoxy) is 1. The van der Waals surface area contributed by atoms with Crippen LogP contribution in [-0.4, -0.2) is 21.3 Å². The number of nitrogens with zero attached hydrogens (tertiary/aromatic N) is 2. The van der Waals surface area contributed by atoms with E-state index in [4.69, 9.17) is 34.8 Å². The van der Waals surface area contributed by atoms with Crippen molar-refractivity contribution >= 4 is 40.2 Å². The minimum absolute atomic E-state index is 0.00604. The van der Waals surface area contributed by atoms with Gasteiger partial charge in [0.25, 0.3) is 0 Å². The summed E-state index contributed by atoms with van der Waals surface area (Å²) < 4.78 is 44.9. The van der Waals surface area contributed by atoms with Gasteiger partial charge < -0.3 is 9.26 Å². The molecule has 0 fully saturated rings. The van der Waals surface area contributed by atoms with Crippen LogP contribution in [0.5, 0.6) is 0 Å². The zero-order chi connectivity index (χ0) is 19.4. The van der Waals surface area contributed by atoms with Gasteiger partial charge >= 0.3 is 23.2 Å². The maximum absolute atomic E-state index is 12.4. The molecule has 0 aliphatic rings. The first-order chi connectivity index (χ1) is 11.5. The van der Waals surface area contributed by atoms with Crippen LogP contribution in [0.4, 0.5) is 18.0 Å². The van der Waals surface area contributed by atoms with Crippen LogP contribution in [0.3, 0.4) is 0 Å². The van der Waals surface area contributed by atoms with Gasteiger partial charge in [0.1, 0.15) is 0 Å². The Morgan fingerprint density at radius 2 is 1.84 bits per heavy atom. The molecular weight excluding hydrogens is 415 g/mol. The minimum atomic E-state index is -5.17. The number of carbonyl (C=O) groups excluding carboxylic acids is 1. The third-order valence-electron chi connectivity index (χ3n) is 2.37. The number of hydrogen-bond donors (Lipinski definition) is 0. The Morgan fingerprint density at radius 1 is 1.24 bits per heavy atom. The van der Waals surface area contributed by atoms with Gasteiger partial charge in [0, 0.05) is 11.6 Å². The molecule has 0 N–H and O–H groups in total. The van der Waals surface area contributed by atoms with Crippen molar-refractivity contribution in [1.82, 2.24) is 9.31 Å². The van der Waals surface area contributed by atoms with Gasteiger partial charge in [0.15, 0.2) is 0 Å². The van der Waals surface area contributed by atoms with E-state index in [9.17, 15) is 27.6 Å². The van der Waals surface area contributed by atoms with Gasteiger partial charge in [-0.3, -0.25) is 0 Å². The first-order valence-electron chi connectivity index (χ1n) is 6.19. The summed E-state index contributed by atoms with van der Waals surface area (Å²) in [6, 6.07) is 3.52. The standard InChI is InChI=1S/C9H3Cl2F3N2O3.C3H5ClO2/c10-5-2-1-4(3-6(5)11)16-7(17)15(8(18)19-16)9(12,13)14;1-2-6-3(4)5/h1-3H;2H2,1H3. The predicted octanol–water partition coefficient (Wildman–Crippen LogP) is 3.76. The maximum atomic E-state index is 12.4. The smallest absolute Gasteiger partial charge is 0.454 e. The van der Waals surface area contributed by atoms with Crippen LogP contribution in [0.1, 0.15) is 6.92 Å². The molecule has 7 nitrogen and oxygen atoms in total. The molecule has 138 valence electrons. The largest absolute Gasteiger partial charge is 0.498 e. The van der Waals surface area contributed by atoms with Crippen molar-refractivity contribution in [3.8, 4) is 5.69 Å². The summed E-state index contributed by atoms with van der Waals surface area (Å²) in [4.78, 5) is 32.1. The molecule has 0 amide bonds. The van der Waals surface area contributed by atoms with Crippen molar-refractivity contribution in [2.24, 2.45) is 0 Å². The van der Waals surface area contributed by atoms with Gasteiger partial charge in [-0.1, -0.05) is 23.2 Å². The van der Waals surface area contributed by atoms with Crippen LogP contribution >= 0.6 is 34.8 Å². The highest BCUT2D eigenvalue weighted by atomic mass is 35.5. The average Bonchev–Trinajstić information content (AvgIpc) is 2.77. The number of benzene rings is 1. The first kappa shape index (κ1) is 21.1. The molecular formula is C12H8Cl3F3N2O5. The van der Waals surface area contributed by atoms with E-state index < -0.39 is 27.7 Å². The Kier molecular flexibility index (Phi) is 7.15. The lowest BCUT2D eigenvalue weighted by atomic mass is 10.3. The zero-order valence-electron chi connectivity index (χ0n) is 12.1. The van der Waals surface area contributed by atoms with E-state index in [1.807, 2.05) is 0 Å². The fourth-order valence-electron chi connectivity index (χ4n) is 1.43. The first-order valence-corrected chi connectivity index (χ1v) is 7.32. The number of rotatable bonds is 2. The van der Waals surface area contributed by atoms with Crippen molar-refractivity contribution in [2.75, 3.05) is 6.61 Å². The summed E-state index contributed by atoms with van der Waals surface area (Å²) in [7, 11) is 0. The molecule has 0 atom stereocenters. The van der Waals surface area contributed by atoms with Gasteiger partial charge in [-0.25, -0.2) is 14.4 Å². The van der Waals surface area contributed by atoms with Crippen molar-refractivity contribution in [2.45, 2.75) is 13.2 Å². The molecule has 0 saturated heterocycles. The van der Waals surface area contributed by atoms with Gasteiger partial charge in [0.05, 0.1) is 22.3 Å². The highest BCUT2D eigenvalue weighted by Gasteiger charge is 2.38. The highest BCUT2D eigenvalue weighted by Crippen LogP contribution is 2.24. The Bertz CT molecular complexity index is 872. The molecule has 0 radical (unpaired) electrons. The molecule has 0 aliphatic carbocycles. The van der Waals surface area contributed by atoms with Crippen LogP contribution in [0.2, 0.25) is 10.0 Å². The molecule has 0 bridgehead atoms. The molecule has 0 spiro atoms. The van der Waals surface area contributed by atoms with Gasteiger partial charge in [0.2, 0.25) is 0 Å². The van der Waals surface area contributed by atoms with Crippen LogP contribution < -0.4 is 11.4 Å². The van der Waals surface area contributed by atoms with E-state index in [0.717, 1.165) is 6.07 Å². The van der Waals surface area contributed by atoms with Crippen LogP contribution in [0.15, 0.2) is 32.3 Å². The fourth-order valence-corrected chi connectivity index (χ4v) is 1.83. The number of aromatic nitrogens is 2. The molecule has 2 aromatic rings. The Balaban J connectivity index is 0.000000450. The molecule has 0 unspecified atom stereocenters. The summed E-state index contributed by atoms with van der Waals surface area (Å²) in [5.74, 6) is -1.84. The van der Waals surface area contributed by atoms with Crippen LogP contribution in [0, 0.1) is 0 Å². The monoisotopic (exact) mass is 422 g/mol. The SMILES string of the molecule is CCOC(=O)Cl.O=c1on(-c2ccc(Cl)c(Cl)c2)c(=O)n1C(F)(F)F. The molecule has 13 heteroatoms. The van der Waals surface area contributed by atoms with Gasteiger partial charge in [-0.05, 0) is 25.1 Å². The number of halogens is 6. The van der Waals surface area contributed by atoms with E-state index in [1.54, 1.807) is 6.92 Å². The summed E-state index contributed by atoms with van der Waals surface area (Å²) in [5, 5.41) is 0.129. The lowest BCUT2D eigenvalue weighted by Crippen LogP contribution is -2.37. The Morgan fingerprint density at radius 3 is 2.20 bits per heavy atom. The molecule has 0 saturated carbocycles. The lowest BCUT2D eigenvalue weighted by Gasteiger charge is -2.02. The average molecular weight is 424 g/mol. The molecule has 25 heavy (non-hydrogen) atoms. The number of carbonyl (C=O) groups is 1. The summed E-state index contributed by atoms with van der Waals surface area (Å²) in [5.41, 5.74) is -2.58. The minimum Gasteiger partial charge on any atom is -0.454 e. The van der Waals surface area contributed by atoms with Crippen LogP contribution in [0.25, 0.3) is 5.69 Å². The van der Waals surface area contributed by atoms with Crippen molar-refractivity contribution in [3.05, 3.63) is 49.3 Å². The molecule has 1 aromatic heterocycles. The quantitative estimate of drug-likeness (QED) is 0.687. The third kappa shape index (κ3) is 5.55. The fraction of sp³-hybridized carbons (Fsp3) is 0.250. The predicted molar refractivity (Wildman–Crippen MR) is 82.8 cm³/mol. The second-order valence-electron chi connectivity index (χ2n) is 4.01. The Hall–Kier alpha value is -1.91.